The van der Waals surface area contributed by atoms with Gasteiger partial charge in [-0.1, -0.05) is 35.3 Å². The summed E-state index contributed by atoms with van der Waals surface area (Å²) in [4.78, 5) is 12.0. The van der Waals surface area contributed by atoms with Crippen LogP contribution in [0.4, 0.5) is 16.2 Å². The standard InChI is InChI=1S/C17H17Cl2N3O/c18-13-3-6-16(15(19)9-13)22-17(23)21-14-4-1-11(2-5-14)12-7-8-20-10-12/h1-6,9,12,20H,7-8,10H2,(H2,21,22,23)/t12-/m0/s1. The highest BCUT2D eigenvalue weighted by Crippen LogP contribution is 2.26. The van der Waals surface area contributed by atoms with E-state index in [0.29, 0.717) is 21.7 Å². The third kappa shape index (κ3) is 4.16. The maximum Gasteiger partial charge on any atom is 0.323 e. The molecule has 120 valence electrons. The number of nitrogens with one attached hydrogen (secondary N) is 3. The van der Waals surface area contributed by atoms with E-state index in [1.54, 1.807) is 18.2 Å². The van der Waals surface area contributed by atoms with Gasteiger partial charge in [0.15, 0.2) is 0 Å². The molecule has 3 rings (SSSR count). The highest BCUT2D eigenvalue weighted by molar-refractivity contribution is 6.36. The van der Waals surface area contributed by atoms with E-state index in [2.05, 4.69) is 28.1 Å². The molecule has 1 fully saturated rings. The van der Waals surface area contributed by atoms with Crippen LogP contribution in [0, 0.1) is 0 Å². The average molecular weight is 350 g/mol. The Hall–Kier alpha value is -1.75. The van der Waals surface area contributed by atoms with Crippen molar-refractivity contribution >= 4 is 40.6 Å². The van der Waals surface area contributed by atoms with E-state index in [-0.39, 0.29) is 6.03 Å². The number of rotatable bonds is 3. The van der Waals surface area contributed by atoms with Gasteiger partial charge in [0.2, 0.25) is 0 Å². The van der Waals surface area contributed by atoms with Crippen molar-refractivity contribution in [3.05, 3.63) is 58.1 Å². The summed E-state index contributed by atoms with van der Waals surface area (Å²) in [7, 11) is 0. The number of carbonyl (C=O) groups is 1. The highest BCUT2D eigenvalue weighted by atomic mass is 35.5. The predicted octanol–water partition coefficient (Wildman–Crippen LogP) is 4.71. The Bertz CT molecular complexity index is 697. The van der Waals surface area contributed by atoms with Gasteiger partial charge in [-0.05, 0) is 54.8 Å². The molecule has 0 aromatic heterocycles. The Morgan fingerprint density at radius 2 is 1.87 bits per heavy atom. The van der Waals surface area contributed by atoms with Crippen molar-refractivity contribution in [1.82, 2.24) is 5.32 Å². The topological polar surface area (TPSA) is 53.2 Å². The fourth-order valence-corrected chi connectivity index (χ4v) is 3.11. The van der Waals surface area contributed by atoms with E-state index in [0.717, 1.165) is 25.2 Å². The van der Waals surface area contributed by atoms with Crippen molar-refractivity contribution in [2.45, 2.75) is 12.3 Å². The van der Waals surface area contributed by atoms with Gasteiger partial charge in [0.25, 0.3) is 0 Å². The Balaban J connectivity index is 1.61. The van der Waals surface area contributed by atoms with E-state index in [1.807, 2.05) is 12.1 Å². The van der Waals surface area contributed by atoms with Gasteiger partial charge in [0, 0.05) is 17.3 Å². The van der Waals surface area contributed by atoms with Crippen LogP contribution in [0.1, 0.15) is 17.9 Å². The van der Waals surface area contributed by atoms with Crippen LogP contribution >= 0.6 is 23.2 Å². The number of benzene rings is 2. The Morgan fingerprint density at radius 3 is 2.52 bits per heavy atom. The maximum absolute atomic E-state index is 12.0. The van der Waals surface area contributed by atoms with Crippen molar-refractivity contribution in [3.8, 4) is 0 Å². The predicted molar refractivity (Wildman–Crippen MR) is 95.8 cm³/mol. The lowest BCUT2D eigenvalue weighted by Crippen LogP contribution is -2.19. The lowest BCUT2D eigenvalue weighted by molar-refractivity contribution is 0.262. The molecular weight excluding hydrogens is 333 g/mol. The molecule has 2 aromatic rings. The van der Waals surface area contributed by atoms with Gasteiger partial charge < -0.3 is 16.0 Å². The molecule has 0 radical (unpaired) electrons. The van der Waals surface area contributed by atoms with Crippen molar-refractivity contribution in [1.29, 1.82) is 0 Å². The second-order valence-electron chi connectivity index (χ2n) is 5.52. The van der Waals surface area contributed by atoms with Gasteiger partial charge in [0.05, 0.1) is 10.7 Å². The zero-order valence-corrected chi connectivity index (χ0v) is 13.9. The summed E-state index contributed by atoms with van der Waals surface area (Å²) in [5.74, 6) is 0.561. The molecule has 0 unspecified atom stereocenters. The van der Waals surface area contributed by atoms with Crippen molar-refractivity contribution in [2.75, 3.05) is 23.7 Å². The molecule has 0 aliphatic carbocycles. The number of carbonyl (C=O) groups excluding carboxylic acids is 1. The van der Waals surface area contributed by atoms with Crippen LogP contribution in [0.5, 0.6) is 0 Å². The van der Waals surface area contributed by atoms with E-state index in [9.17, 15) is 4.79 Å². The Labute approximate surface area is 145 Å². The summed E-state index contributed by atoms with van der Waals surface area (Å²) in [5.41, 5.74) is 2.55. The smallest absolute Gasteiger partial charge is 0.316 e. The molecule has 1 saturated heterocycles. The first-order valence-electron chi connectivity index (χ1n) is 7.45. The molecule has 0 spiro atoms. The van der Waals surface area contributed by atoms with Crippen LogP contribution in [0.15, 0.2) is 42.5 Å². The summed E-state index contributed by atoms with van der Waals surface area (Å²) in [6.45, 7) is 2.08. The lowest BCUT2D eigenvalue weighted by Gasteiger charge is -2.12. The van der Waals surface area contributed by atoms with Crippen molar-refractivity contribution in [2.24, 2.45) is 0 Å². The van der Waals surface area contributed by atoms with Crippen LogP contribution in [0.25, 0.3) is 0 Å². The number of anilines is 2. The number of halogens is 2. The van der Waals surface area contributed by atoms with Crippen LogP contribution in [-0.2, 0) is 0 Å². The van der Waals surface area contributed by atoms with Gasteiger partial charge in [-0.15, -0.1) is 0 Å². The minimum Gasteiger partial charge on any atom is -0.316 e. The normalized spacial score (nSPS) is 17.0. The molecule has 1 aliphatic heterocycles. The minimum atomic E-state index is -0.343. The molecule has 1 atom stereocenters. The van der Waals surface area contributed by atoms with Gasteiger partial charge in [-0.2, -0.15) is 0 Å². The Morgan fingerprint density at radius 1 is 1.09 bits per heavy atom. The number of hydrogen-bond donors (Lipinski definition) is 3. The third-order valence-electron chi connectivity index (χ3n) is 3.88. The maximum atomic E-state index is 12.0. The fraction of sp³-hybridized carbons (Fsp3) is 0.235. The van der Waals surface area contributed by atoms with Crippen LogP contribution < -0.4 is 16.0 Å². The molecule has 4 nitrogen and oxygen atoms in total. The van der Waals surface area contributed by atoms with E-state index < -0.39 is 0 Å². The first-order valence-corrected chi connectivity index (χ1v) is 8.21. The molecule has 23 heavy (non-hydrogen) atoms. The average Bonchev–Trinajstić information content (AvgIpc) is 3.05. The molecule has 0 saturated carbocycles. The molecule has 3 N–H and O–H groups in total. The Kier molecular flexibility index (Phi) is 5.06. The number of hydrogen-bond acceptors (Lipinski definition) is 2. The van der Waals surface area contributed by atoms with Crippen molar-refractivity contribution < 1.29 is 4.79 Å². The summed E-state index contributed by atoms with van der Waals surface area (Å²) in [6, 6.07) is 12.5. The second-order valence-corrected chi connectivity index (χ2v) is 6.36. The first kappa shape index (κ1) is 16.1. The monoisotopic (exact) mass is 349 g/mol. The summed E-state index contributed by atoms with van der Waals surface area (Å²) >= 11 is 11.9. The molecule has 6 heteroatoms. The zero-order chi connectivity index (χ0) is 16.2. The SMILES string of the molecule is O=C(Nc1ccc([C@H]2CCNC2)cc1)Nc1ccc(Cl)cc1Cl. The summed E-state index contributed by atoms with van der Waals surface area (Å²) < 4.78 is 0. The minimum absolute atomic E-state index is 0.343. The molecule has 2 aromatic carbocycles. The molecule has 1 heterocycles. The van der Waals surface area contributed by atoms with Crippen LogP contribution in [0.3, 0.4) is 0 Å². The zero-order valence-electron chi connectivity index (χ0n) is 12.4. The van der Waals surface area contributed by atoms with E-state index in [1.165, 1.54) is 5.56 Å². The van der Waals surface area contributed by atoms with Crippen LogP contribution in [-0.4, -0.2) is 19.1 Å². The lowest BCUT2D eigenvalue weighted by atomic mass is 9.98. The van der Waals surface area contributed by atoms with Gasteiger partial charge >= 0.3 is 6.03 Å². The quantitative estimate of drug-likeness (QED) is 0.751. The summed E-state index contributed by atoms with van der Waals surface area (Å²) in [5, 5.41) is 9.78. The largest absolute Gasteiger partial charge is 0.323 e. The molecule has 2 amide bonds. The number of urea groups is 1. The fourth-order valence-electron chi connectivity index (χ4n) is 2.65. The van der Waals surface area contributed by atoms with Gasteiger partial charge in [-0.3, -0.25) is 0 Å². The second kappa shape index (κ2) is 7.21. The van der Waals surface area contributed by atoms with Crippen LogP contribution in [0.2, 0.25) is 10.0 Å². The third-order valence-corrected chi connectivity index (χ3v) is 4.43. The van der Waals surface area contributed by atoms with Gasteiger partial charge in [-0.25, -0.2) is 4.79 Å². The molecular formula is C17H17Cl2N3O. The van der Waals surface area contributed by atoms with Gasteiger partial charge in [0.1, 0.15) is 0 Å². The molecule has 0 bridgehead atoms. The van der Waals surface area contributed by atoms with E-state index in [4.69, 9.17) is 23.2 Å². The summed E-state index contributed by atoms with van der Waals surface area (Å²) in [6.07, 6.45) is 1.16. The molecule has 1 aliphatic rings. The number of amides is 2. The van der Waals surface area contributed by atoms with E-state index >= 15 is 0 Å². The first-order chi connectivity index (χ1) is 11.1. The highest BCUT2D eigenvalue weighted by Gasteiger charge is 2.16. The van der Waals surface area contributed by atoms with Crippen molar-refractivity contribution in [3.63, 3.8) is 0 Å².